The van der Waals surface area contributed by atoms with Crippen molar-refractivity contribution in [1.29, 1.82) is 0 Å². The van der Waals surface area contributed by atoms with Crippen LogP contribution in [-0.2, 0) is 14.6 Å². The molecule has 0 saturated carbocycles. The van der Waals surface area contributed by atoms with Crippen LogP contribution in [0, 0.1) is 0 Å². The monoisotopic (exact) mass is 277 g/mol. The van der Waals surface area contributed by atoms with Crippen molar-refractivity contribution in [1.82, 2.24) is 10.2 Å². The Morgan fingerprint density at radius 1 is 1.56 bits per heavy atom. The Morgan fingerprint density at radius 2 is 2.17 bits per heavy atom. The molecule has 18 heavy (non-hydrogen) atoms. The average molecular weight is 277 g/mol. The molecule has 0 aliphatic carbocycles. The normalized spacial score (nSPS) is 27.6. The molecule has 1 amide bonds. The van der Waals surface area contributed by atoms with Crippen molar-refractivity contribution >= 4 is 15.7 Å². The van der Waals surface area contributed by atoms with Crippen LogP contribution in [0.25, 0.3) is 0 Å². The van der Waals surface area contributed by atoms with Gasteiger partial charge >= 0.3 is 0 Å². The lowest BCUT2D eigenvalue weighted by Crippen LogP contribution is -2.55. The van der Waals surface area contributed by atoms with E-state index >= 15 is 0 Å². The van der Waals surface area contributed by atoms with Crippen LogP contribution in [0.4, 0.5) is 0 Å². The highest BCUT2D eigenvalue weighted by atomic mass is 32.2. The molecule has 0 aromatic rings. The second kappa shape index (κ2) is 5.54. The minimum absolute atomic E-state index is 0.00210. The number of rotatable bonds is 5. The molecule has 2 unspecified atom stereocenters. The van der Waals surface area contributed by atoms with Gasteiger partial charge in [0.1, 0.15) is 0 Å². The number of nitrogens with zero attached hydrogens (tertiary/aromatic N) is 1. The molecule has 0 aromatic carbocycles. The standard InChI is InChI=1S/C11H23N3O3S/c1-9-8-18(16,17)7-6-14(9)5-4-11(2,13-3)10(12)15/h9,13H,4-8H2,1-3H3,(H2,12,15). The Hall–Kier alpha value is -0.660. The number of nitrogens with one attached hydrogen (secondary N) is 1. The van der Waals surface area contributed by atoms with Gasteiger partial charge in [0.25, 0.3) is 0 Å². The van der Waals surface area contributed by atoms with Crippen molar-refractivity contribution in [3.63, 3.8) is 0 Å². The topological polar surface area (TPSA) is 92.5 Å². The molecule has 0 bridgehead atoms. The van der Waals surface area contributed by atoms with Gasteiger partial charge in [-0.05, 0) is 27.3 Å². The number of hydrogen-bond donors (Lipinski definition) is 2. The van der Waals surface area contributed by atoms with Crippen LogP contribution in [0.2, 0.25) is 0 Å². The highest BCUT2D eigenvalue weighted by Crippen LogP contribution is 2.15. The second-order valence-electron chi connectivity index (χ2n) is 5.20. The van der Waals surface area contributed by atoms with Gasteiger partial charge in [-0.15, -0.1) is 0 Å². The first-order chi connectivity index (χ1) is 8.20. The van der Waals surface area contributed by atoms with Crippen molar-refractivity contribution in [2.24, 2.45) is 5.73 Å². The van der Waals surface area contributed by atoms with E-state index in [9.17, 15) is 13.2 Å². The number of primary amides is 1. The minimum atomic E-state index is -2.89. The first kappa shape index (κ1) is 15.4. The molecule has 7 heteroatoms. The number of likely N-dealkylation sites (N-methyl/N-ethyl adjacent to an activating group) is 1. The zero-order valence-electron chi connectivity index (χ0n) is 11.3. The van der Waals surface area contributed by atoms with E-state index in [4.69, 9.17) is 5.73 Å². The zero-order chi connectivity index (χ0) is 14.0. The summed E-state index contributed by atoms with van der Waals surface area (Å²) in [6.07, 6.45) is 0.573. The number of nitrogens with two attached hydrogens (primary N) is 1. The van der Waals surface area contributed by atoms with Gasteiger partial charge in [-0.3, -0.25) is 9.69 Å². The summed E-state index contributed by atoms with van der Waals surface area (Å²) in [6, 6.07) is -0.00210. The first-order valence-corrected chi connectivity index (χ1v) is 7.95. The van der Waals surface area contributed by atoms with Gasteiger partial charge in [0.15, 0.2) is 9.84 Å². The summed E-state index contributed by atoms with van der Waals surface area (Å²) in [5.74, 6) is 0.00610. The van der Waals surface area contributed by atoms with Gasteiger partial charge in [-0.25, -0.2) is 8.42 Å². The molecule has 1 rings (SSSR count). The third-order valence-corrected chi connectivity index (χ3v) is 5.60. The van der Waals surface area contributed by atoms with E-state index < -0.39 is 15.4 Å². The van der Waals surface area contributed by atoms with Crippen LogP contribution in [-0.4, -0.2) is 62.4 Å². The predicted molar refractivity (Wildman–Crippen MR) is 71.0 cm³/mol. The largest absolute Gasteiger partial charge is 0.368 e. The van der Waals surface area contributed by atoms with Gasteiger partial charge < -0.3 is 11.1 Å². The summed E-state index contributed by atoms with van der Waals surface area (Å²) in [4.78, 5) is 13.5. The van der Waals surface area contributed by atoms with Crippen LogP contribution in [0.5, 0.6) is 0 Å². The fraction of sp³-hybridized carbons (Fsp3) is 0.909. The summed E-state index contributed by atoms with van der Waals surface area (Å²) in [5.41, 5.74) is 4.62. The highest BCUT2D eigenvalue weighted by Gasteiger charge is 2.32. The van der Waals surface area contributed by atoms with E-state index in [1.807, 2.05) is 6.92 Å². The third-order valence-electron chi connectivity index (χ3n) is 3.80. The Bertz CT molecular complexity index is 410. The molecule has 0 aromatic heterocycles. The molecule has 3 N–H and O–H groups in total. The van der Waals surface area contributed by atoms with Crippen molar-refractivity contribution in [2.75, 3.05) is 31.6 Å². The average Bonchev–Trinajstić information content (AvgIpc) is 2.26. The molecule has 6 nitrogen and oxygen atoms in total. The van der Waals surface area contributed by atoms with E-state index in [-0.39, 0.29) is 23.5 Å². The smallest absolute Gasteiger partial charge is 0.237 e. The molecule has 1 saturated heterocycles. The van der Waals surface area contributed by atoms with Crippen molar-refractivity contribution in [2.45, 2.75) is 31.8 Å². The Morgan fingerprint density at radius 3 is 2.61 bits per heavy atom. The van der Waals surface area contributed by atoms with Gasteiger partial charge in [-0.2, -0.15) is 0 Å². The Kier molecular flexibility index (Phi) is 4.74. The minimum Gasteiger partial charge on any atom is -0.368 e. The van der Waals surface area contributed by atoms with Crippen LogP contribution in [0.3, 0.4) is 0 Å². The van der Waals surface area contributed by atoms with E-state index in [1.54, 1.807) is 14.0 Å². The lowest BCUT2D eigenvalue weighted by atomic mass is 9.96. The maximum Gasteiger partial charge on any atom is 0.237 e. The van der Waals surface area contributed by atoms with Crippen LogP contribution < -0.4 is 11.1 Å². The number of hydrogen-bond acceptors (Lipinski definition) is 5. The maximum absolute atomic E-state index is 11.5. The van der Waals surface area contributed by atoms with E-state index in [1.165, 1.54) is 0 Å². The van der Waals surface area contributed by atoms with Gasteiger partial charge in [0.05, 0.1) is 17.0 Å². The summed E-state index contributed by atoms with van der Waals surface area (Å²) < 4.78 is 22.9. The second-order valence-corrected chi connectivity index (χ2v) is 7.42. The molecular formula is C11H23N3O3S. The van der Waals surface area contributed by atoms with Gasteiger partial charge in [-0.1, -0.05) is 0 Å². The van der Waals surface area contributed by atoms with E-state index in [0.717, 1.165) is 0 Å². The molecule has 0 radical (unpaired) electrons. The summed E-state index contributed by atoms with van der Waals surface area (Å²) >= 11 is 0. The number of amides is 1. The first-order valence-electron chi connectivity index (χ1n) is 6.13. The maximum atomic E-state index is 11.5. The van der Waals surface area contributed by atoms with Crippen LogP contribution in [0.1, 0.15) is 20.3 Å². The fourth-order valence-electron chi connectivity index (χ4n) is 2.10. The lowest BCUT2D eigenvalue weighted by Gasteiger charge is -2.35. The quantitative estimate of drug-likeness (QED) is 0.669. The number of carbonyl (C=O) groups excluding carboxylic acids is 1. The van der Waals surface area contributed by atoms with E-state index in [2.05, 4.69) is 10.2 Å². The number of sulfone groups is 1. The van der Waals surface area contributed by atoms with Crippen molar-refractivity contribution in [3.05, 3.63) is 0 Å². The lowest BCUT2D eigenvalue weighted by molar-refractivity contribution is -0.124. The van der Waals surface area contributed by atoms with Crippen molar-refractivity contribution < 1.29 is 13.2 Å². The van der Waals surface area contributed by atoms with Gasteiger partial charge in [0.2, 0.25) is 5.91 Å². The van der Waals surface area contributed by atoms with Crippen LogP contribution in [0.15, 0.2) is 0 Å². The fourth-order valence-corrected chi connectivity index (χ4v) is 3.73. The Balaban J connectivity index is 2.57. The van der Waals surface area contributed by atoms with Crippen molar-refractivity contribution in [3.8, 4) is 0 Å². The molecule has 0 spiro atoms. The molecule has 1 aliphatic rings. The SMILES string of the molecule is CNC(C)(CCN1CCS(=O)(=O)CC1C)C(N)=O. The summed E-state index contributed by atoms with van der Waals surface area (Å²) in [7, 11) is -1.19. The Labute approximate surface area is 109 Å². The molecule has 1 aliphatic heterocycles. The zero-order valence-corrected chi connectivity index (χ0v) is 12.1. The highest BCUT2D eigenvalue weighted by molar-refractivity contribution is 7.91. The van der Waals surface area contributed by atoms with Gasteiger partial charge in [0, 0.05) is 19.1 Å². The predicted octanol–water partition coefficient (Wildman–Crippen LogP) is -1.04. The number of carbonyl (C=O) groups is 1. The van der Waals surface area contributed by atoms with Crippen LogP contribution >= 0.6 is 0 Å². The summed E-state index contributed by atoms with van der Waals surface area (Å²) in [6.45, 7) is 4.86. The third kappa shape index (κ3) is 3.66. The molecule has 106 valence electrons. The molecule has 1 fully saturated rings. The van der Waals surface area contributed by atoms with E-state index in [0.29, 0.717) is 19.5 Å². The molecule has 1 heterocycles. The summed E-state index contributed by atoms with van der Waals surface area (Å²) in [5, 5.41) is 2.93. The molecule has 2 atom stereocenters. The molecular weight excluding hydrogens is 254 g/mol.